The third-order valence-corrected chi connectivity index (χ3v) is 4.07. The molecular formula is C16H17N3O4S. The number of hydrogen-bond acceptors (Lipinski definition) is 5. The first-order valence-corrected chi connectivity index (χ1v) is 8.54. The highest BCUT2D eigenvalue weighted by Gasteiger charge is 2.13. The van der Waals surface area contributed by atoms with Crippen molar-refractivity contribution >= 4 is 34.0 Å². The number of hydrogen-bond donors (Lipinski definition) is 2. The van der Waals surface area contributed by atoms with Gasteiger partial charge in [-0.1, -0.05) is 0 Å². The monoisotopic (exact) mass is 347 g/mol. The Labute approximate surface area is 141 Å². The van der Waals surface area contributed by atoms with Crippen molar-refractivity contribution in [1.82, 2.24) is 4.98 Å². The van der Waals surface area contributed by atoms with Gasteiger partial charge in [-0.15, -0.1) is 0 Å². The maximum atomic E-state index is 11.9. The van der Waals surface area contributed by atoms with Crippen LogP contribution in [0.4, 0.5) is 11.4 Å². The Morgan fingerprint density at radius 1 is 1.04 bits per heavy atom. The minimum absolute atomic E-state index is 0.257. The second-order valence-electron chi connectivity index (χ2n) is 4.80. The van der Waals surface area contributed by atoms with Crippen LogP contribution in [-0.4, -0.2) is 39.6 Å². The minimum atomic E-state index is -1.60. The SMILES string of the molecule is COc1ccc(NC(=O)C[S@@](=O)CC(=O)Nc2cccnc2)cc1. The number of amides is 2. The Hall–Kier alpha value is -2.74. The first-order valence-electron chi connectivity index (χ1n) is 7.05. The quantitative estimate of drug-likeness (QED) is 0.789. The highest BCUT2D eigenvalue weighted by Crippen LogP contribution is 2.14. The van der Waals surface area contributed by atoms with Gasteiger partial charge in [0.15, 0.2) is 0 Å². The van der Waals surface area contributed by atoms with Crippen molar-refractivity contribution in [2.24, 2.45) is 0 Å². The zero-order chi connectivity index (χ0) is 17.4. The molecule has 2 N–H and O–H groups in total. The number of aromatic nitrogens is 1. The number of carbonyl (C=O) groups excluding carboxylic acids is 2. The molecule has 0 aliphatic rings. The van der Waals surface area contributed by atoms with Gasteiger partial charge >= 0.3 is 0 Å². The predicted octanol–water partition coefficient (Wildman–Crippen LogP) is 1.42. The van der Waals surface area contributed by atoms with Gasteiger partial charge in [0.05, 0.1) is 19.0 Å². The molecule has 0 aliphatic carbocycles. The van der Waals surface area contributed by atoms with Gasteiger partial charge in [-0.05, 0) is 36.4 Å². The lowest BCUT2D eigenvalue weighted by Crippen LogP contribution is -2.26. The topological polar surface area (TPSA) is 97.4 Å². The van der Waals surface area contributed by atoms with Crippen molar-refractivity contribution in [3.63, 3.8) is 0 Å². The number of benzene rings is 1. The molecule has 0 spiro atoms. The molecule has 1 atom stereocenters. The van der Waals surface area contributed by atoms with Gasteiger partial charge in [0.2, 0.25) is 11.8 Å². The summed E-state index contributed by atoms with van der Waals surface area (Å²) in [5, 5.41) is 5.19. The molecule has 8 heteroatoms. The Morgan fingerprint density at radius 2 is 1.67 bits per heavy atom. The number of ether oxygens (including phenoxy) is 1. The number of nitrogens with zero attached hydrogens (tertiary/aromatic N) is 1. The second kappa shape index (κ2) is 8.78. The fraction of sp³-hybridized carbons (Fsp3) is 0.188. The number of rotatable bonds is 7. The van der Waals surface area contributed by atoms with Gasteiger partial charge < -0.3 is 15.4 Å². The van der Waals surface area contributed by atoms with Gasteiger partial charge in [0, 0.05) is 22.7 Å². The summed E-state index contributed by atoms with van der Waals surface area (Å²) in [6.07, 6.45) is 3.06. The van der Waals surface area contributed by atoms with Crippen LogP contribution in [0.15, 0.2) is 48.8 Å². The Bertz CT molecular complexity index is 720. The molecule has 1 heterocycles. The number of anilines is 2. The number of nitrogens with one attached hydrogen (secondary N) is 2. The van der Waals surface area contributed by atoms with Crippen LogP contribution in [0, 0.1) is 0 Å². The van der Waals surface area contributed by atoms with Crippen molar-refractivity contribution in [1.29, 1.82) is 0 Å². The lowest BCUT2D eigenvalue weighted by molar-refractivity contribution is -0.114. The first kappa shape index (κ1) is 17.6. The van der Waals surface area contributed by atoms with Crippen molar-refractivity contribution in [2.75, 3.05) is 29.2 Å². The molecule has 2 aromatic rings. The zero-order valence-corrected chi connectivity index (χ0v) is 13.8. The van der Waals surface area contributed by atoms with Crippen LogP contribution >= 0.6 is 0 Å². The average molecular weight is 347 g/mol. The van der Waals surface area contributed by atoms with Gasteiger partial charge in [-0.2, -0.15) is 0 Å². The summed E-state index contributed by atoms with van der Waals surface area (Å²) in [6.45, 7) is 0. The lowest BCUT2D eigenvalue weighted by Gasteiger charge is -2.07. The minimum Gasteiger partial charge on any atom is -0.497 e. The Balaban J connectivity index is 1.78. The molecule has 0 fully saturated rings. The Morgan fingerprint density at radius 3 is 2.21 bits per heavy atom. The molecule has 2 rings (SSSR count). The molecule has 1 aromatic carbocycles. The van der Waals surface area contributed by atoms with Crippen LogP contribution in [0.2, 0.25) is 0 Å². The second-order valence-corrected chi connectivity index (χ2v) is 6.25. The molecule has 1 aromatic heterocycles. The average Bonchev–Trinajstić information content (AvgIpc) is 2.56. The third kappa shape index (κ3) is 5.81. The summed E-state index contributed by atoms with van der Waals surface area (Å²) >= 11 is 0. The Kier molecular flexibility index (Phi) is 6.44. The van der Waals surface area contributed by atoms with E-state index in [4.69, 9.17) is 4.74 Å². The molecule has 7 nitrogen and oxygen atoms in total. The van der Waals surface area contributed by atoms with E-state index in [0.29, 0.717) is 17.1 Å². The van der Waals surface area contributed by atoms with Crippen molar-refractivity contribution < 1.29 is 18.5 Å². The van der Waals surface area contributed by atoms with E-state index in [0.717, 1.165) is 0 Å². The van der Waals surface area contributed by atoms with Crippen molar-refractivity contribution in [2.45, 2.75) is 0 Å². The van der Waals surface area contributed by atoms with Crippen LogP contribution in [0.25, 0.3) is 0 Å². The smallest absolute Gasteiger partial charge is 0.237 e. The van der Waals surface area contributed by atoms with Crippen molar-refractivity contribution in [3.8, 4) is 5.75 Å². The summed E-state index contributed by atoms with van der Waals surface area (Å²) in [7, 11) is -0.0538. The van der Waals surface area contributed by atoms with Crippen LogP contribution in [0.1, 0.15) is 0 Å². The normalized spacial score (nSPS) is 11.4. The van der Waals surface area contributed by atoms with E-state index in [1.165, 1.54) is 6.20 Å². The molecule has 0 bridgehead atoms. The van der Waals surface area contributed by atoms with Gasteiger partial charge in [0.25, 0.3) is 0 Å². The molecule has 0 unspecified atom stereocenters. The van der Waals surface area contributed by atoms with Crippen LogP contribution < -0.4 is 15.4 Å². The van der Waals surface area contributed by atoms with Gasteiger partial charge in [-0.25, -0.2) is 0 Å². The summed E-state index contributed by atoms with van der Waals surface area (Å²) in [5.74, 6) is -0.702. The van der Waals surface area contributed by atoms with Crippen LogP contribution in [-0.2, 0) is 20.4 Å². The summed E-state index contributed by atoms with van der Waals surface area (Å²) < 4.78 is 16.9. The van der Waals surface area contributed by atoms with E-state index in [-0.39, 0.29) is 11.5 Å². The first-order chi connectivity index (χ1) is 11.6. The molecule has 126 valence electrons. The summed E-state index contributed by atoms with van der Waals surface area (Å²) in [6, 6.07) is 10.1. The molecule has 2 amide bonds. The summed E-state index contributed by atoms with van der Waals surface area (Å²) in [5.41, 5.74) is 1.08. The molecule has 0 radical (unpaired) electrons. The fourth-order valence-electron chi connectivity index (χ4n) is 1.85. The van der Waals surface area contributed by atoms with Crippen molar-refractivity contribution in [3.05, 3.63) is 48.8 Å². The highest BCUT2D eigenvalue weighted by atomic mass is 32.2. The fourth-order valence-corrected chi connectivity index (χ4v) is 2.68. The molecular weight excluding hydrogens is 330 g/mol. The van der Waals surface area contributed by atoms with Gasteiger partial charge in [-0.3, -0.25) is 18.8 Å². The van der Waals surface area contributed by atoms with Gasteiger partial charge in [0.1, 0.15) is 17.3 Å². The van der Waals surface area contributed by atoms with E-state index < -0.39 is 22.6 Å². The molecule has 0 aliphatic heterocycles. The zero-order valence-electron chi connectivity index (χ0n) is 13.0. The number of carbonyl (C=O) groups is 2. The van der Waals surface area contributed by atoms with E-state index in [1.54, 1.807) is 49.7 Å². The lowest BCUT2D eigenvalue weighted by atomic mass is 10.3. The van der Waals surface area contributed by atoms with Crippen LogP contribution in [0.5, 0.6) is 5.75 Å². The maximum Gasteiger partial charge on any atom is 0.237 e. The van der Waals surface area contributed by atoms with E-state index in [9.17, 15) is 13.8 Å². The molecule has 0 saturated carbocycles. The molecule has 0 saturated heterocycles. The largest absolute Gasteiger partial charge is 0.497 e. The summed E-state index contributed by atoms with van der Waals surface area (Å²) in [4.78, 5) is 27.5. The van der Waals surface area contributed by atoms with E-state index >= 15 is 0 Å². The predicted molar refractivity (Wildman–Crippen MR) is 92.4 cm³/mol. The maximum absolute atomic E-state index is 11.9. The third-order valence-electron chi connectivity index (χ3n) is 2.90. The van der Waals surface area contributed by atoms with E-state index in [1.807, 2.05) is 0 Å². The highest BCUT2D eigenvalue weighted by molar-refractivity contribution is 7.86. The molecule has 24 heavy (non-hydrogen) atoms. The van der Waals surface area contributed by atoms with E-state index in [2.05, 4.69) is 15.6 Å². The van der Waals surface area contributed by atoms with Crippen LogP contribution in [0.3, 0.4) is 0 Å². The standard InChI is InChI=1S/C16H17N3O4S/c1-23-14-6-4-12(5-7-14)18-15(20)10-24(22)11-16(21)19-13-3-2-8-17-9-13/h2-9H,10-11H2,1H3,(H,18,20)(H,19,21)/t24-/m1/s1. The number of methoxy groups -OCH3 is 1. The number of pyridine rings is 1.